The van der Waals surface area contributed by atoms with Crippen LogP contribution < -0.4 is 10.1 Å². The lowest BCUT2D eigenvalue weighted by atomic mass is 10.3. The van der Waals surface area contributed by atoms with Gasteiger partial charge in [-0.15, -0.1) is 0 Å². The standard InChI is InChI=1S/C15H18FNO3/c1-11-6-7-19-15(11)9-17-8-13(18)10-20-14-4-2-12(16)3-5-14/h2-7,13,17-18H,8-10H2,1H3. The topological polar surface area (TPSA) is 54.6 Å². The molecule has 1 heterocycles. The van der Waals surface area contributed by atoms with Crippen LogP contribution in [0.1, 0.15) is 11.3 Å². The van der Waals surface area contributed by atoms with Gasteiger partial charge in [0.2, 0.25) is 0 Å². The average molecular weight is 279 g/mol. The molecule has 2 rings (SSSR count). The Morgan fingerprint density at radius 2 is 2.05 bits per heavy atom. The van der Waals surface area contributed by atoms with Crippen LogP contribution in [-0.2, 0) is 6.54 Å². The Labute approximate surface area is 117 Å². The van der Waals surface area contributed by atoms with Crippen LogP contribution in [0, 0.1) is 12.7 Å². The van der Waals surface area contributed by atoms with Crippen molar-refractivity contribution in [2.24, 2.45) is 0 Å². The number of halogens is 1. The summed E-state index contributed by atoms with van der Waals surface area (Å²) in [5, 5.41) is 12.9. The van der Waals surface area contributed by atoms with Gasteiger partial charge in [0, 0.05) is 6.54 Å². The number of rotatable bonds is 7. The first-order valence-corrected chi connectivity index (χ1v) is 6.45. The van der Waals surface area contributed by atoms with Crippen LogP contribution >= 0.6 is 0 Å². The lowest BCUT2D eigenvalue weighted by molar-refractivity contribution is 0.105. The van der Waals surface area contributed by atoms with Crippen molar-refractivity contribution >= 4 is 0 Å². The molecule has 2 aromatic rings. The van der Waals surface area contributed by atoms with Crippen LogP contribution in [0.2, 0.25) is 0 Å². The van der Waals surface area contributed by atoms with E-state index in [0.717, 1.165) is 11.3 Å². The fourth-order valence-corrected chi connectivity index (χ4v) is 1.72. The van der Waals surface area contributed by atoms with Crippen molar-refractivity contribution < 1.29 is 18.7 Å². The Morgan fingerprint density at radius 1 is 1.30 bits per heavy atom. The fraction of sp³-hybridized carbons (Fsp3) is 0.333. The van der Waals surface area contributed by atoms with Crippen molar-refractivity contribution in [3.63, 3.8) is 0 Å². The second-order valence-corrected chi connectivity index (χ2v) is 4.58. The molecule has 0 aliphatic heterocycles. The number of aliphatic hydroxyl groups is 1. The first kappa shape index (κ1) is 14.6. The minimum Gasteiger partial charge on any atom is -0.491 e. The molecule has 5 heteroatoms. The maximum Gasteiger partial charge on any atom is 0.123 e. The Morgan fingerprint density at radius 3 is 2.70 bits per heavy atom. The van der Waals surface area contributed by atoms with Crippen molar-refractivity contribution in [3.05, 3.63) is 53.7 Å². The van der Waals surface area contributed by atoms with E-state index in [1.165, 1.54) is 24.3 Å². The summed E-state index contributed by atoms with van der Waals surface area (Å²) in [5.41, 5.74) is 1.08. The van der Waals surface area contributed by atoms with Crippen molar-refractivity contribution in [3.8, 4) is 5.75 Å². The molecule has 1 aromatic heterocycles. The minimum absolute atomic E-state index is 0.149. The summed E-state index contributed by atoms with van der Waals surface area (Å²) in [6, 6.07) is 7.59. The maximum atomic E-state index is 12.7. The Kier molecular flexibility index (Phi) is 5.15. The summed E-state index contributed by atoms with van der Waals surface area (Å²) >= 11 is 0. The number of benzene rings is 1. The first-order chi connectivity index (χ1) is 9.65. The SMILES string of the molecule is Cc1ccoc1CNCC(O)COc1ccc(F)cc1. The molecule has 2 N–H and O–H groups in total. The van der Waals surface area contributed by atoms with Gasteiger partial charge in [-0.25, -0.2) is 4.39 Å². The Bertz CT molecular complexity index is 524. The van der Waals surface area contributed by atoms with Crippen LogP contribution in [-0.4, -0.2) is 24.4 Å². The number of ether oxygens (including phenoxy) is 1. The molecule has 1 unspecified atom stereocenters. The van der Waals surface area contributed by atoms with Crippen LogP contribution in [0.25, 0.3) is 0 Å². The van der Waals surface area contributed by atoms with Gasteiger partial charge in [0.25, 0.3) is 0 Å². The quantitative estimate of drug-likeness (QED) is 0.816. The summed E-state index contributed by atoms with van der Waals surface area (Å²) < 4.78 is 23.3. The van der Waals surface area contributed by atoms with Gasteiger partial charge >= 0.3 is 0 Å². The molecular weight excluding hydrogens is 261 g/mol. The molecule has 0 bridgehead atoms. The largest absolute Gasteiger partial charge is 0.491 e. The Hall–Kier alpha value is -1.85. The number of furan rings is 1. The molecule has 0 fully saturated rings. The predicted molar refractivity (Wildman–Crippen MR) is 73.1 cm³/mol. The highest BCUT2D eigenvalue weighted by Crippen LogP contribution is 2.11. The van der Waals surface area contributed by atoms with Gasteiger partial charge in [-0.1, -0.05) is 0 Å². The zero-order valence-corrected chi connectivity index (χ0v) is 11.3. The zero-order valence-electron chi connectivity index (χ0n) is 11.3. The zero-order chi connectivity index (χ0) is 14.4. The van der Waals surface area contributed by atoms with Crippen LogP contribution in [0.15, 0.2) is 41.0 Å². The second kappa shape index (κ2) is 7.07. The van der Waals surface area contributed by atoms with Crippen molar-refractivity contribution in [2.75, 3.05) is 13.2 Å². The summed E-state index contributed by atoms with van der Waals surface area (Å²) in [4.78, 5) is 0. The van der Waals surface area contributed by atoms with Crippen molar-refractivity contribution in [1.82, 2.24) is 5.32 Å². The minimum atomic E-state index is -0.643. The lowest BCUT2D eigenvalue weighted by Crippen LogP contribution is -2.31. The van der Waals surface area contributed by atoms with Gasteiger partial charge < -0.3 is 19.6 Å². The van der Waals surface area contributed by atoms with E-state index in [-0.39, 0.29) is 12.4 Å². The van der Waals surface area contributed by atoms with Crippen LogP contribution in [0.4, 0.5) is 4.39 Å². The number of hydrogen-bond acceptors (Lipinski definition) is 4. The van der Waals surface area contributed by atoms with Crippen LogP contribution in [0.3, 0.4) is 0 Å². The normalized spacial score (nSPS) is 12.3. The van der Waals surface area contributed by atoms with Gasteiger partial charge in [-0.3, -0.25) is 0 Å². The highest BCUT2D eigenvalue weighted by Gasteiger charge is 2.07. The molecule has 0 aliphatic carbocycles. The molecule has 1 atom stereocenters. The molecule has 0 saturated heterocycles. The van der Waals surface area contributed by atoms with E-state index in [1.807, 2.05) is 13.0 Å². The molecule has 20 heavy (non-hydrogen) atoms. The highest BCUT2D eigenvalue weighted by molar-refractivity contribution is 5.22. The molecule has 4 nitrogen and oxygen atoms in total. The lowest BCUT2D eigenvalue weighted by Gasteiger charge is -2.13. The number of aryl methyl sites for hydroxylation is 1. The molecule has 0 saturated carbocycles. The van der Waals surface area contributed by atoms with E-state index in [1.54, 1.807) is 6.26 Å². The fourth-order valence-electron chi connectivity index (χ4n) is 1.72. The summed E-state index contributed by atoms with van der Waals surface area (Å²) in [7, 11) is 0. The van der Waals surface area contributed by atoms with Gasteiger partial charge in [0.05, 0.1) is 12.8 Å². The molecule has 0 spiro atoms. The summed E-state index contributed by atoms with van der Waals surface area (Å²) in [5.74, 6) is 1.08. The summed E-state index contributed by atoms with van der Waals surface area (Å²) in [6.45, 7) is 3.07. The second-order valence-electron chi connectivity index (χ2n) is 4.58. The van der Waals surface area contributed by atoms with Gasteiger partial charge in [-0.05, 0) is 42.8 Å². The van der Waals surface area contributed by atoms with E-state index in [9.17, 15) is 9.50 Å². The van der Waals surface area contributed by atoms with E-state index >= 15 is 0 Å². The number of nitrogens with one attached hydrogen (secondary N) is 1. The molecule has 0 aliphatic rings. The molecule has 0 amide bonds. The number of aliphatic hydroxyl groups excluding tert-OH is 1. The smallest absolute Gasteiger partial charge is 0.123 e. The van der Waals surface area contributed by atoms with E-state index < -0.39 is 6.10 Å². The average Bonchev–Trinajstić information content (AvgIpc) is 2.84. The predicted octanol–water partition coefficient (Wildman–Crippen LogP) is 2.26. The van der Waals surface area contributed by atoms with E-state index in [2.05, 4.69) is 5.32 Å². The third-order valence-electron chi connectivity index (χ3n) is 2.89. The summed E-state index contributed by atoms with van der Waals surface area (Å²) in [6.07, 6.45) is 0.996. The first-order valence-electron chi connectivity index (χ1n) is 6.45. The van der Waals surface area contributed by atoms with Gasteiger partial charge in [-0.2, -0.15) is 0 Å². The van der Waals surface area contributed by atoms with Gasteiger partial charge in [0.1, 0.15) is 30.0 Å². The van der Waals surface area contributed by atoms with Crippen LogP contribution in [0.5, 0.6) is 5.75 Å². The molecular formula is C15H18FNO3. The molecule has 0 radical (unpaired) electrons. The van der Waals surface area contributed by atoms with Crippen molar-refractivity contribution in [1.29, 1.82) is 0 Å². The van der Waals surface area contributed by atoms with E-state index in [0.29, 0.717) is 18.8 Å². The number of hydrogen-bond donors (Lipinski definition) is 2. The maximum absolute atomic E-state index is 12.7. The Balaban J connectivity index is 1.66. The highest BCUT2D eigenvalue weighted by atomic mass is 19.1. The molecule has 108 valence electrons. The molecule has 1 aromatic carbocycles. The third kappa shape index (κ3) is 4.36. The third-order valence-corrected chi connectivity index (χ3v) is 2.89. The van der Waals surface area contributed by atoms with E-state index in [4.69, 9.17) is 9.15 Å². The van der Waals surface area contributed by atoms with Crippen molar-refractivity contribution in [2.45, 2.75) is 19.6 Å². The monoisotopic (exact) mass is 279 g/mol. The van der Waals surface area contributed by atoms with Gasteiger partial charge in [0.15, 0.2) is 0 Å².